The normalized spacial score (nSPS) is 28.4. The molecule has 0 aliphatic carbocycles. The number of carbonyl (C=O) groups is 3. The van der Waals surface area contributed by atoms with E-state index in [2.05, 4.69) is 10.3 Å². The molecule has 0 bridgehead atoms. The molecule has 6 nitrogen and oxygen atoms in total. The molecule has 2 aliphatic heterocycles. The third kappa shape index (κ3) is 2.43. The number of allylic oxidation sites excluding steroid dienone is 1. The van der Waals surface area contributed by atoms with E-state index < -0.39 is 11.9 Å². The van der Waals surface area contributed by atoms with Crippen LogP contribution in [-0.2, 0) is 14.4 Å². The van der Waals surface area contributed by atoms with E-state index in [1.807, 2.05) is 13.0 Å². The van der Waals surface area contributed by atoms with Gasteiger partial charge in [-0.2, -0.15) is 0 Å². The first-order chi connectivity index (χ1) is 9.08. The second-order valence-electron chi connectivity index (χ2n) is 4.60. The maximum absolute atomic E-state index is 12.3. The van der Waals surface area contributed by atoms with Crippen molar-refractivity contribution in [1.29, 1.82) is 0 Å². The zero-order valence-electron chi connectivity index (χ0n) is 11.1. The minimum Gasteiger partial charge on any atom is -0.321 e. The number of carbonyl (C=O) groups excluding carboxylic acids is 3. The molecule has 0 aromatic rings. The fourth-order valence-electron chi connectivity index (χ4n) is 2.43. The van der Waals surface area contributed by atoms with Crippen LogP contribution in [0.5, 0.6) is 0 Å². The Bertz CT molecular complexity index is 493. The van der Waals surface area contributed by atoms with Crippen molar-refractivity contribution in [3.05, 3.63) is 11.6 Å². The summed E-state index contributed by atoms with van der Waals surface area (Å²) >= 11 is 0. The van der Waals surface area contributed by atoms with E-state index in [1.54, 1.807) is 7.05 Å². The number of amides is 3. The maximum atomic E-state index is 12.3. The lowest BCUT2D eigenvalue weighted by atomic mass is 10.0. The molecule has 2 heterocycles. The molecule has 2 saturated heterocycles. The first kappa shape index (κ1) is 13.5. The summed E-state index contributed by atoms with van der Waals surface area (Å²) in [6.07, 6.45) is 3.22. The van der Waals surface area contributed by atoms with E-state index in [0.717, 1.165) is 6.42 Å². The average Bonchev–Trinajstić information content (AvgIpc) is 2.68. The molecule has 19 heavy (non-hydrogen) atoms. The molecule has 3 amide bonds. The minimum absolute atomic E-state index is 0.169. The molecule has 1 atom stereocenters. The Morgan fingerprint density at radius 2 is 2.16 bits per heavy atom. The SMILES string of the molecule is CC/C=C1/C(=O)N(C2CCC(=O)NC2=O)CC1=NC. The standard InChI is InChI=1S/C13H17N3O3/c1-3-4-8-9(14-2)7-16(13(8)19)10-5-6-11(17)15-12(10)18/h4,10H,3,5-7H2,1-2H3,(H,15,17,18)/b8-4+,14-9?. The summed E-state index contributed by atoms with van der Waals surface area (Å²) in [7, 11) is 1.64. The number of nitrogens with zero attached hydrogens (tertiary/aromatic N) is 2. The van der Waals surface area contributed by atoms with Crippen LogP contribution in [0.1, 0.15) is 26.2 Å². The zero-order chi connectivity index (χ0) is 14.0. The van der Waals surface area contributed by atoms with Crippen molar-refractivity contribution in [3.8, 4) is 0 Å². The van der Waals surface area contributed by atoms with Gasteiger partial charge in [0.15, 0.2) is 0 Å². The van der Waals surface area contributed by atoms with Crippen molar-refractivity contribution >= 4 is 23.4 Å². The number of hydrogen-bond donors (Lipinski definition) is 1. The van der Waals surface area contributed by atoms with Crippen molar-refractivity contribution < 1.29 is 14.4 Å². The monoisotopic (exact) mass is 263 g/mol. The molecule has 0 spiro atoms. The van der Waals surface area contributed by atoms with Gasteiger partial charge in [0, 0.05) is 13.5 Å². The van der Waals surface area contributed by atoms with Crippen molar-refractivity contribution in [1.82, 2.24) is 10.2 Å². The maximum Gasteiger partial charge on any atom is 0.256 e. The van der Waals surface area contributed by atoms with Gasteiger partial charge >= 0.3 is 0 Å². The number of rotatable bonds is 2. The predicted molar refractivity (Wildman–Crippen MR) is 69.6 cm³/mol. The molecule has 2 rings (SSSR count). The molecule has 1 N–H and O–H groups in total. The van der Waals surface area contributed by atoms with Gasteiger partial charge in [0.05, 0.1) is 17.8 Å². The fourth-order valence-corrected chi connectivity index (χ4v) is 2.43. The highest BCUT2D eigenvalue weighted by Crippen LogP contribution is 2.22. The second kappa shape index (κ2) is 5.34. The number of likely N-dealkylation sites (tertiary alicyclic amines) is 1. The molecule has 102 valence electrons. The summed E-state index contributed by atoms with van der Waals surface area (Å²) in [4.78, 5) is 40.9. The first-order valence-corrected chi connectivity index (χ1v) is 6.39. The Kier molecular flexibility index (Phi) is 3.78. The van der Waals surface area contributed by atoms with Gasteiger partial charge in [-0.3, -0.25) is 24.7 Å². The lowest BCUT2D eigenvalue weighted by Gasteiger charge is -2.28. The third-order valence-electron chi connectivity index (χ3n) is 3.39. The summed E-state index contributed by atoms with van der Waals surface area (Å²) in [5.74, 6) is -0.837. The highest BCUT2D eigenvalue weighted by Gasteiger charge is 2.40. The van der Waals surface area contributed by atoms with Gasteiger partial charge in [0.2, 0.25) is 11.8 Å². The lowest BCUT2D eigenvalue weighted by molar-refractivity contribution is -0.142. The zero-order valence-corrected chi connectivity index (χ0v) is 11.1. The van der Waals surface area contributed by atoms with Crippen LogP contribution < -0.4 is 5.32 Å². The summed E-state index contributed by atoms with van der Waals surface area (Å²) in [6, 6.07) is -0.565. The van der Waals surface area contributed by atoms with E-state index in [-0.39, 0.29) is 18.2 Å². The smallest absolute Gasteiger partial charge is 0.256 e. The van der Waals surface area contributed by atoms with Crippen LogP contribution in [-0.4, -0.2) is 48.0 Å². The number of aliphatic imine (C=N–C) groups is 1. The number of imide groups is 1. The van der Waals surface area contributed by atoms with Crippen LogP contribution >= 0.6 is 0 Å². The Hall–Kier alpha value is -1.98. The molecular formula is C13H17N3O3. The number of hydrogen-bond acceptors (Lipinski definition) is 4. The van der Waals surface area contributed by atoms with Gasteiger partial charge in [-0.1, -0.05) is 13.0 Å². The van der Waals surface area contributed by atoms with E-state index in [4.69, 9.17) is 0 Å². The number of nitrogens with one attached hydrogen (secondary N) is 1. The van der Waals surface area contributed by atoms with Crippen LogP contribution in [0.2, 0.25) is 0 Å². The largest absolute Gasteiger partial charge is 0.321 e. The fraction of sp³-hybridized carbons (Fsp3) is 0.538. The lowest BCUT2D eigenvalue weighted by Crippen LogP contribution is -2.53. The Labute approximate surface area is 111 Å². The Morgan fingerprint density at radius 1 is 1.42 bits per heavy atom. The molecule has 1 unspecified atom stereocenters. The third-order valence-corrected chi connectivity index (χ3v) is 3.39. The Morgan fingerprint density at radius 3 is 2.74 bits per heavy atom. The van der Waals surface area contributed by atoms with Gasteiger partial charge in [-0.05, 0) is 12.8 Å². The van der Waals surface area contributed by atoms with Crippen molar-refractivity contribution in [3.63, 3.8) is 0 Å². The minimum atomic E-state index is -0.565. The molecule has 0 saturated carbocycles. The van der Waals surface area contributed by atoms with Gasteiger partial charge in [0.25, 0.3) is 5.91 Å². The van der Waals surface area contributed by atoms with Crippen LogP contribution in [0.25, 0.3) is 0 Å². The van der Waals surface area contributed by atoms with E-state index in [1.165, 1.54) is 4.90 Å². The van der Waals surface area contributed by atoms with Crippen LogP contribution in [0.3, 0.4) is 0 Å². The molecule has 2 aliphatic rings. The second-order valence-corrected chi connectivity index (χ2v) is 4.60. The van der Waals surface area contributed by atoms with Crippen LogP contribution in [0, 0.1) is 0 Å². The molecule has 0 aromatic heterocycles. The van der Waals surface area contributed by atoms with Crippen molar-refractivity contribution in [2.75, 3.05) is 13.6 Å². The van der Waals surface area contributed by atoms with Crippen LogP contribution in [0.4, 0.5) is 0 Å². The summed E-state index contributed by atoms with van der Waals surface area (Å²) in [5, 5.41) is 2.28. The highest BCUT2D eigenvalue weighted by atomic mass is 16.2. The molecule has 0 aromatic carbocycles. The van der Waals surface area contributed by atoms with Crippen LogP contribution in [0.15, 0.2) is 16.6 Å². The Balaban J connectivity index is 2.23. The number of piperidine rings is 1. The quantitative estimate of drug-likeness (QED) is 0.564. The summed E-state index contributed by atoms with van der Waals surface area (Å²) < 4.78 is 0. The van der Waals surface area contributed by atoms with Crippen molar-refractivity contribution in [2.24, 2.45) is 4.99 Å². The predicted octanol–water partition coefficient (Wildman–Crippen LogP) is 0.0410. The van der Waals surface area contributed by atoms with E-state index in [0.29, 0.717) is 24.3 Å². The van der Waals surface area contributed by atoms with E-state index in [9.17, 15) is 14.4 Å². The summed E-state index contributed by atoms with van der Waals surface area (Å²) in [6.45, 7) is 2.29. The first-order valence-electron chi connectivity index (χ1n) is 6.39. The molecule has 6 heteroatoms. The summed E-state index contributed by atoms with van der Waals surface area (Å²) in [5.41, 5.74) is 1.28. The van der Waals surface area contributed by atoms with Crippen molar-refractivity contribution in [2.45, 2.75) is 32.2 Å². The molecule has 0 radical (unpaired) electrons. The van der Waals surface area contributed by atoms with Gasteiger partial charge in [0.1, 0.15) is 6.04 Å². The molecular weight excluding hydrogens is 246 g/mol. The molecule has 2 fully saturated rings. The average molecular weight is 263 g/mol. The van der Waals surface area contributed by atoms with Gasteiger partial charge in [-0.15, -0.1) is 0 Å². The topological polar surface area (TPSA) is 78.8 Å². The van der Waals surface area contributed by atoms with E-state index >= 15 is 0 Å². The van der Waals surface area contributed by atoms with Gasteiger partial charge < -0.3 is 4.90 Å². The highest BCUT2D eigenvalue weighted by molar-refractivity contribution is 6.28. The van der Waals surface area contributed by atoms with Gasteiger partial charge in [-0.25, -0.2) is 0 Å².